The van der Waals surface area contributed by atoms with E-state index in [9.17, 15) is 0 Å². The molecule has 2 aliphatic heterocycles. The molecule has 176 valence electrons. The predicted molar refractivity (Wildman–Crippen MR) is 135 cm³/mol. The molecule has 1 fully saturated rings. The number of hydrogen-bond donors (Lipinski definition) is 1. The second-order valence-electron chi connectivity index (χ2n) is 8.27. The lowest BCUT2D eigenvalue weighted by atomic mass is 10.1. The van der Waals surface area contributed by atoms with Crippen LogP contribution in [-0.2, 0) is 19.5 Å². The van der Waals surface area contributed by atoms with Gasteiger partial charge in [-0.2, -0.15) is 0 Å². The third kappa shape index (κ3) is 5.86. The Balaban J connectivity index is 0.00000289. The minimum Gasteiger partial charge on any atom is -0.496 e. The van der Waals surface area contributed by atoms with Gasteiger partial charge in [0.1, 0.15) is 23.4 Å². The quantitative estimate of drug-likeness (QED) is 0.334. The largest absolute Gasteiger partial charge is 0.496 e. The van der Waals surface area contributed by atoms with Crippen molar-refractivity contribution in [2.24, 2.45) is 4.99 Å². The van der Waals surface area contributed by atoms with Crippen LogP contribution in [0.4, 0.5) is 0 Å². The van der Waals surface area contributed by atoms with Crippen molar-refractivity contribution in [2.75, 3.05) is 39.8 Å². The fourth-order valence-corrected chi connectivity index (χ4v) is 4.22. The number of ether oxygens (including phenoxy) is 2. The summed E-state index contributed by atoms with van der Waals surface area (Å²) in [5.74, 6) is 3.64. The molecule has 3 heterocycles. The summed E-state index contributed by atoms with van der Waals surface area (Å²) in [7, 11) is 1.72. The van der Waals surface area contributed by atoms with E-state index in [2.05, 4.69) is 46.3 Å². The molecule has 1 saturated heterocycles. The topological polar surface area (TPSA) is 75.4 Å². The van der Waals surface area contributed by atoms with Gasteiger partial charge in [-0.15, -0.1) is 24.0 Å². The molecule has 2 aromatic rings. The summed E-state index contributed by atoms with van der Waals surface area (Å²) < 4.78 is 16.8. The fourth-order valence-electron chi connectivity index (χ4n) is 4.22. The van der Waals surface area contributed by atoms with Gasteiger partial charge in [-0.25, -0.2) is 4.99 Å². The van der Waals surface area contributed by atoms with E-state index in [4.69, 9.17) is 19.0 Å². The normalized spacial score (nSPS) is 18.7. The zero-order valence-corrected chi connectivity index (χ0v) is 21.7. The van der Waals surface area contributed by atoms with Gasteiger partial charge in [0.2, 0.25) is 0 Å². The number of halogens is 1. The number of nitrogens with one attached hydrogen (secondary N) is 1. The van der Waals surface area contributed by atoms with Crippen LogP contribution in [0.5, 0.6) is 11.5 Å². The summed E-state index contributed by atoms with van der Waals surface area (Å²) >= 11 is 0. The van der Waals surface area contributed by atoms with E-state index >= 15 is 0 Å². The van der Waals surface area contributed by atoms with Crippen LogP contribution in [0.3, 0.4) is 0 Å². The Bertz CT molecular complexity index is 924. The fraction of sp³-hybridized carbons (Fsp3) is 0.565. The number of fused-ring (bicyclic) bond motifs is 1. The van der Waals surface area contributed by atoms with Gasteiger partial charge in [-0.3, -0.25) is 4.90 Å². The van der Waals surface area contributed by atoms with Crippen molar-refractivity contribution >= 4 is 29.9 Å². The Labute approximate surface area is 207 Å². The lowest BCUT2D eigenvalue weighted by molar-refractivity contribution is 0.169. The highest BCUT2D eigenvalue weighted by Crippen LogP contribution is 2.35. The van der Waals surface area contributed by atoms with Gasteiger partial charge >= 0.3 is 0 Å². The van der Waals surface area contributed by atoms with Crippen LogP contribution in [0, 0.1) is 6.92 Å². The molecule has 1 aromatic carbocycles. The second kappa shape index (κ2) is 11.2. The molecule has 2 aliphatic rings. The van der Waals surface area contributed by atoms with Crippen molar-refractivity contribution in [3.05, 3.63) is 40.8 Å². The molecular formula is C23H34IN5O3. The molecule has 0 bridgehead atoms. The monoisotopic (exact) mass is 555 g/mol. The van der Waals surface area contributed by atoms with Gasteiger partial charge in [0.25, 0.3) is 0 Å². The molecule has 8 nitrogen and oxygen atoms in total. The van der Waals surface area contributed by atoms with Crippen LogP contribution in [0.15, 0.2) is 27.7 Å². The molecule has 0 amide bonds. The van der Waals surface area contributed by atoms with Crippen LogP contribution in [-0.4, -0.2) is 66.9 Å². The molecule has 1 unspecified atom stereocenters. The highest BCUT2D eigenvalue weighted by atomic mass is 127. The number of guanidine groups is 1. The minimum absolute atomic E-state index is 0. The minimum atomic E-state index is 0. The number of rotatable bonds is 6. The standard InChI is InChI=1S/C23H33N5O3.HI/c1-5-24-23(28-8-6-27(7-9-28)15-20-11-17(3)31-26-20)25-14-19-13-22-18(10-16(2)30-22)12-21(19)29-4;/h11-13,16H,5-10,14-15H2,1-4H3,(H,24,25);1H. The maximum Gasteiger partial charge on any atom is 0.194 e. The van der Waals surface area contributed by atoms with E-state index in [0.717, 1.165) is 80.2 Å². The molecule has 0 saturated carbocycles. The van der Waals surface area contributed by atoms with E-state index in [-0.39, 0.29) is 30.1 Å². The molecule has 0 spiro atoms. The van der Waals surface area contributed by atoms with E-state index < -0.39 is 0 Å². The summed E-state index contributed by atoms with van der Waals surface area (Å²) in [5, 5.41) is 7.56. The van der Waals surface area contributed by atoms with Crippen LogP contribution in [0.2, 0.25) is 0 Å². The van der Waals surface area contributed by atoms with Crippen molar-refractivity contribution in [2.45, 2.75) is 46.4 Å². The first-order valence-electron chi connectivity index (χ1n) is 11.1. The van der Waals surface area contributed by atoms with Gasteiger partial charge in [0, 0.05) is 62.9 Å². The first kappa shape index (κ1) is 24.6. The SMILES string of the molecule is CCNC(=NCc1cc2c(cc1OC)CC(C)O2)N1CCN(Cc2cc(C)on2)CC1.I. The lowest BCUT2D eigenvalue weighted by Gasteiger charge is -2.36. The molecule has 32 heavy (non-hydrogen) atoms. The number of aliphatic imine (C=N–C) groups is 1. The summed E-state index contributed by atoms with van der Waals surface area (Å²) in [6.45, 7) is 12.1. The van der Waals surface area contributed by atoms with Gasteiger partial charge in [-0.1, -0.05) is 5.16 Å². The number of nitrogens with zero attached hydrogens (tertiary/aromatic N) is 4. The number of methoxy groups -OCH3 is 1. The average Bonchev–Trinajstić information content (AvgIpc) is 3.34. The smallest absolute Gasteiger partial charge is 0.194 e. The summed E-state index contributed by atoms with van der Waals surface area (Å²) in [5.41, 5.74) is 3.25. The zero-order chi connectivity index (χ0) is 21.8. The first-order valence-corrected chi connectivity index (χ1v) is 11.1. The number of hydrogen-bond acceptors (Lipinski definition) is 6. The van der Waals surface area contributed by atoms with Crippen molar-refractivity contribution in [3.8, 4) is 11.5 Å². The maximum atomic E-state index is 5.93. The van der Waals surface area contributed by atoms with Gasteiger partial charge in [0.05, 0.1) is 19.3 Å². The van der Waals surface area contributed by atoms with E-state index in [1.54, 1.807) is 7.11 Å². The number of aryl methyl sites for hydroxylation is 1. The van der Waals surface area contributed by atoms with E-state index in [0.29, 0.717) is 6.54 Å². The Morgan fingerprint density at radius 3 is 2.69 bits per heavy atom. The Kier molecular flexibility index (Phi) is 8.64. The molecule has 4 rings (SSSR count). The van der Waals surface area contributed by atoms with Crippen LogP contribution in [0.25, 0.3) is 0 Å². The Hall–Kier alpha value is -2.01. The second-order valence-corrected chi connectivity index (χ2v) is 8.27. The Morgan fingerprint density at radius 2 is 2.03 bits per heavy atom. The molecular weight excluding hydrogens is 521 g/mol. The van der Waals surface area contributed by atoms with Gasteiger partial charge < -0.3 is 24.2 Å². The third-order valence-electron chi connectivity index (χ3n) is 5.77. The van der Waals surface area contributed by atoms with E-state index in [1.165, 1.54) is 5.56 Å². The molecule has 1 atom stereocenters. The lowest BCUT2D eigenvalue weighted by Crippen LogP contribution is -2.52. The summed E-state index contributed by atoms with van der Waals surface area (Å²) in [6.07, 6.45) is 1.14. The van der Waals surface area contributed by atoms with Crippen molar-refractivity contribution in [1.29, 1.82) is 0 Å². The van der Waals surface area contributed by atoms with E-state index in [1.807, 2.05) is 13.0 Å². The van der Waals surface area contributed by atoms with Crippen LogP contribution in [0.1, 0.15) is 36.4 Å². The molecule has 1 N–H and O–H groups in total. The van der Waals surface area contributed by atoms with Crippen molar-refractivity contribution in [1.82, 2.24) is 20.3 Å². The maximum absolute atomic E-state index is 5.93. The molecule has 0 aliphatic carbocycles. The van der Waals surface area contributed by atoms with Crippen LogP contribution >= 0.6 is 24.0 Å². The highest BCUT2D eigenvalue weighted by Gasteiger charge is 2.23. The number of piperazine rings is 1. The first-order chi connectivity index (χ1) is 15.1. The highest BCUT2D eigenvalue weighted by molar-refractivity contribution is 14.0. The average molecular weight is 555 g/mol. The van der Waals surface area contributed by atoms with Gasteiger partial charge in [0.15, 0.2) is 5.96 Å². The van der Waals surface area contributed by atoms with Crippen LogP contribution < -0.4 is 14.8 Å². The molecule has 0 radical (unpaired) electrons. The molecule has 1 aromatic heterocycles. The number of benzene rings is 1. The number of aromatic nitrogens is 1. The summed E-state index contributed by atoms with van der Waals surface area (Å²) in [6, 6.07) is 6.19. The van der Waals surface area contributed by atoms with Crippen molar-refractivity contribution < 1.29 is 14.0 Å². The Morgan fingerprint density at radius 1 is 1.25 bits per heavy atom. The van der Waals surface area contributed by atoms with Crippen molar-refractivity contribution in [3.63, 3.8) is 0 Å². The predicted octanol–water partition coefficient (Wildman–Crippen LogP) is 3.22. The summed E-state index contributed by atoms with van der Waals surface area (Å²) in [4.78, 5) is 9.65. The zero-order valence-electron chi connectivity index (χ0n) is 19.4. The third-order valence-corrected chi connectivity index (χ3v) is 5.77. The molecule has 9 heteroatoms. The van der Waals surface area contributed by atoms with Gasteiger partial charge in [-0.05, 0) is 32.9 Å².